The third-order valence-corrected chi connectivity index (χ3v) is 3.36. The van der Waals surface area contributed by atoms with Crippen LogP contribution in [0, 0.1) is 0 Å². The predicted molar refractivity (Wildman–Crippen MR) is 82.6 cm³/mol. The second kappa shape index (κ2) is 9.13. The Morgan fingerprint density at radius 1 is 1.35 bits per heavy atom. The molecule has 0 aliphatic rings. The van der Waals surface area contributed by atoms with Crippen molar-refractivity contribution >= 4 is 17.4 Å². The van der Waals surface area contributed by atoms with Crippen LogP contribution in [0.5, 0.6) is 0 Å². The maximum Gasteiger partial charge on any atom is 0.129 e. The van der Waals surface area contributed by atoms with Gasteiger partial charge in [-0.2, -0.15) is 0 Å². The first-order valence-corrected chi connectivity index (χ1v) is 7.06. The van der Waals surface area contributed by atoms with Gasteiger partial charge in [0.25, 0.3) is 0 Å². The topological polar surface area (TPSA) is 46.6 Å². The van der Waals surface area contributed by atoms with Crippen LogP contribution in [-0.2, 0) is 16.0 Å². The third kappa shape index (κ3) is 4.90. The van der Waals surface area contributed by atoms with E-state index in [1.54, 1.807) is 14.2 Å². The van der Waals surface area contributed by atoms with Gasteiger partial charge < -0.3 is 19.7 Å². The molecule has 0 aromatic carbocycles. The largest absolute Gasteiger partial charge is 0.383 e. The predicted octanol–water partition coefficient (Wildman–Crippen LogP) is 1.94. The van der Waals surface area contributed by atoms with Gasteiger partial charge in [-0.15, -0.1) is 0 Å². The van der Waals surface area contributed by atoms with E-state index < -0.39 is 0 Å². The van der Waals surface area contributed by atoms with Crippen LogP contribution in [0.1, 0.15) is 12.6 Å². The number of nitrogens with one attached hydrogen (secondary N) is 1. The van der Waals surface area contributed by atoms with E-state index in [1.165, 1.54) is 0 Å². The molecule has 1 rings (SSSR count). The quantitative estimate of drug-likeness (QED) is 0.755. The number of aromatic nitrogens is 1. The molecule has 1 unspecified atom stereocenters. The van der Waals surface area contributed by atoms with Gasteiger partial charge >= 0.3 is 0 Å². The summed E-state index contributed by atoms with van der Waals surface area (Å²) in [7, 11) is 5.27. The van der Waals surface area contributed by atoms with Crippen LogP contribution in [0.25, 0.3) is 0 Å². The number of methoxy groups -OCH3 is 2. The lowest BCUT2D eigenvalue weighted by Gasteiger charge is -2.30. The Bertz CT molecular complexity index is 404. The molecule has 114 valence electrons. The molecule has 1 N–H and O–H groups in total. The van der Waals surface area contributed by atoms with Gasteiger partial charge in [0, 0.05) is 27.3 Å². The molecule has 0 bridgehead atoms. The van der Waals surface area contributed by atoms with Crippen LogP contribution in [-0.4, -0.2) is 52.1 Å². The molecule has 20 heavy (non-hydrogen) atoms. The Hall–Kier alpha value is -0.880. The van der Waals surface area contributed by atoms with Crippen LogP contribution in [0.2, 0.25) is 5.02 Å². The fraction of sp³-hybridized carbons (Fsp3) is 0.643. The van der Waals surface area contributed by atoms with Gasteiger partial charge in [-0.05, 0) is 26.1 Å². The lowest BCUT2D eigenvalue weighted by molar-refractivity contribution is 0.170. The van der Waals surface area contributed by atoms with Gasteiger partial charge in [-0.1, -0.05) is 11.6 Å². The SMILES string of the molecule is CNCc1nc(N(CCOC)C(C)COC)ccc1Cl. The molecule has 0 radical (unpaired) electrons. The summed E-state index contributed by atoms with van der Waals surface area (Å²) < 4.78 is 10.4. The Kier molecular flexibility index (Phi) is 7.84. The fourth-order valence-electron chi connectivity index (χ4n) is 2.01. The van der Waals surface area contributed by atoms with E-state index in [0.717, 1.165) is 18.1 Å². The lowest BCUT2D eigenvalue weighted by atomic mass is 10.2. The maximum atomic E-state index is 6.15. The van der Waals surface area contributed by atoms with E-state index >= 15 is 0 Å². The molecule has 0 saturated carbocycles. The zero-order chi connectivity index (χ0) is 15.0. The van der Waals surface area contributed by atoms with Crippen molar-refractivity contribution in [3.05, 3.63) is 22.8 Å². The lowest BCUT2D eigenvalue weighted by Crippen LogP contribution is -2.39. The third-order valence-electron chi connectivity index (χ3n) is 3.02. The number of halogens is 1. The Morgan fingerprint density at radius 3 is 2.70 bits per heavy atom. The summed E-state index contributed by atoms with van der Waals surface area (Å²) in [4.78, 5) is 6.81. The van der Waals surface area contributed by atoms with Crippen molar-refractivity contribution < 1.29 is 9.47 Å². The summed E-state index contributed by atoms with van der Waals surface area (Å²) in [5.74, 6) is 0.890. The summed E-state index contributed by atoms with van der Waals surface area (Å²) in [5.41, 5.74) is 0.846. The molecular formula is C14H24ClN3O2. The molecule has 0 saturated heterocycles. The van der Waals surface area contributed by atoms with Gasteiger partial charge in [-0.3, -0.25) is 0 Å². The smallest absolute Gasteiger partial charge is 0.129 e. The van der Waals surface area contributed by atoms with Crippen LogP contribution in [0.15, 0.2) is 12.1 Å². The standard InChI is InChI=1S/C14H24ClN3O2/c1-11(10-20-4)18(7-8-19-3)14-6-5-12(15)13(17-14)9-16-2/h5-6,11,16H,7-10H2,1-4H3. The van der Waals surface area contributed by atoms with Crippen LogP contribution in [0.4, 0.5) is 5.82 Å². The highest BCUT2D eigenvalue weighted by Crippen LogP contribution is 2.21. The highest BCUT2D eigenvalue weighted by molar-refractivity contribution is 6.31. The van der Waals surface area contributed by atoms with Crippen molar-refractivity contribution in [3.8, 4) is 0 Å². The minimum Gasteiger partial charge on any atom is -0.383 e. The molecule has 0 fully saturated rings. The zero-order valence-corrected chi connectivity index (χ0v) is 13.4. The molecule has 1 aromatic heterocycles. The number of pyridine rings is 1. The van der Waals surface area contributed by atoms with Crippen LogP contribution < -0.4 is 10.2 Å². The maximum absolute atomic E-state index is 6.15. The van der Waals surface area contributed by atoms with Crippen LogP contribution in [0.3, 0.4) is 0 Å². The van der Waals surface area contributed by atoms with Crippen molar-refractivity contribution in [2.75, 3.05) is 45.9 Å². The molecule has 5 nitrogen and oxygen atoms in total. The van der Waals surface area contributed by atoms with Gasteiger partial charge in [0.2, 0.25) is 0 Å². The van der Waals surface area contributed by atoms with E-state index in [9.17, 15) is 0 Å². The highest BCUT2D eigenvalue weighted by atomic mass is 35.5. The minimum atomic E-state index is 0.214. The number of nitrogens with zero attached hydrogens (tertiary/aromatic N) is 2. The van der Waals surface area contributed by atoms with Crippen molar-refractivity contribution in [3.63, 3.8) is 0 Å². The first-order chi connectivity index (χ1) is 9.63. The second-order valence-corrected chi connectivity index (χ2v) is 5.03. The van der Waals surface area contributed by atoms with E-state index in [1.807, 2.05) is 19.2 Å². The van der Waals surface area contributed by atoms with Crippen molar-refractivity contribution in [2.24, 2.45) is 0 Å². The highest BCUT2D eigenvalue weighted by Gasteiger charge is 2.16. The Labute approximate surface area is 126 Å². The molecule has 0 aliphatic heterocycles. The van der Waals surface area contributed by atoms with E-state index in [0.29, 0.717) is 24.8 Å². The molecule has 0 spiro atoms. The zero-order valence-electron chi connectivity index (χ0n) is 12.6. The Balaban J connectivity index is 2.96. The monoisotopic (exact) mass is 301 g/mol. The first-order valence-electron chi connectivity index (χ1n) is 6.68. The van der Waals surface area contributed by atoms with Crippen molar-refractivity contribution in [1.82, 2.24) is 10.3 Å². The summed E-state index contributed by atoms with van der Waals surface area (Å²) in [6, 6.07) is 4.03. The summed E-state index contributed by atoms with van der Waals surface area (Å²) in [6.45, 7) is 4.78. The minimum absolute atomic E-state index is 0.214. The fourth-order valence-corrected chi connectivity index (χ4v) is 2.18. The van der Waals surface area contributed by atoms with Gasteiger partial charge in [0.05, 0.1) is 30.0 Å². The molecule has 6 heteroatoms. The van der Waals surface area contributed by atoms with Gasteiger partial charge in [0.1, 0.15) is 5.82 Å². The number of hydrogen-bond donors (Lipinski definition) is 1. The summed E-state index contributed by atoms with van der Waals surface area (Å²) in [6.07, 6.45) is 0. The number of ether oxygens (including phenoxy) is 2. The van der Waals surface area contributed by atoms with E-state index in [2.05, 4.69) is 22.1 Å². The molecular weight excluding hydrogens is 278 g/mol. The average Bonchev–Trinajstić information content (AvgIpc) is 2.43. The average molecular weight is 302 g/mol. The summed E-state index contributed by atoms with van der Waals surface area (Å²) >= 11 is 6.15. The number of rotatable bonds is 9. The molecule has 0 aliphatic carbocycles. The molecule has 1 aromatic rings. The Morgan fingerprint density at radius 2 is 2.10 bits per heavy atom. The summed E-state index contributed by atoms with van der Waals surface area (Å²) in [5, 5.41) is 3.75. The van der Waals surface area contributed by atoms with Gasteiger partial charge in [-0.25, -0.2) is 4.98 Å². The molecule has 0 amide bonds. The second-order valence-electron chi connectivity index (χ2n) is 4.62. The normalized spacial score (nSPS) is 12.4. The van der Waals surface area contributed by atoms with Crippen molar-refractivity contribution in [1.29, 1.82) is 0 Å². The van der Waals surface area contributed by atoms with Gasteiger partial charge in [0.15, 0.2) is 0 Å². The number of anilines is 1. The van der Waals surface area contributed by atoms with E-state index in [-0.39, 0.29) is 6.04 Å². The molecule has 1 heterocycles. The van der Waals surface area contributed by atoms with E-state index in [4.69, 9.17) is 21.1 Å². The first kappa shape index (κ1) is 17.2. The van der Waals surface area contributed by atoms with Crippen molar-refractivity contribution in [2.45, 2.75) is 19.5 Å². The number of hydrogen-bond acceptors (Lipinski definition) is 5. The van der Waals surface area contributed by atoms with Crippen LogP contribution >= 0.6 is 11.6 Å². The molecule has 1 atom stereocenters.